The lowest BCUT2D eigenvalue weighted by atomic mass is 10.1. The van der Waals surface area contributed by atoms with Crippen LogP contribution in [0.3, 0.4) is 0 Å². The molecule has 0 aliphatic heterocycles. The van der Waals surface area contributed by atoms with Crippen molar-refractivity contribution in [3.8, 4) is 22.7 Å². The van der Waals surface area contributed by atoms with Crippen molar-refractivity contribution in [2.75, 3.05) is 0 Å². The summed E-state index contributed by atoms with van der Waals surface area (Å²) in [4.78, 5) is 0. The Balaban J connectivity index is 2.08. The summed E-state index contributed by atoms with van der Waals surface area (Å²) in [6, 6.07) is 17.7. The average Bonchev–Trinajstić information content (AvgIpc) is 2.82. The molecule has 0 bridgehead atoms. The van der Waals surface area contributed by atoms with Gasteiger partial charge in [-0.1, -0.05) is 42.0 Å². The molecule has 0 radical (unpaired) electrons. The first-order valence-corrected chi connectivity index (χ1v) is 6.15. The quantitative estimate of drug-likeness (QED) is 0.755. The van der Waals surface area contributed by atoms with Crippen molar-refractivity contribution in [2.24, 2.45) is 0 Å². The zero-order chi connectivity index (χ0) is 13.2. The Hall–Kier alpha value is -2.55. The molecule has 0 saturated carbocycles. The third kappa shape index (κ3) is 2.22. The lowest BCUT2D eigenvalue weighted by Crippen LogP contribution is -1.94. The predicted octanol–water partition coefficient (Wildman–Crippen LogP) is 3.55. The molecular weight excluding hydrogens is 236 g/mol. The van der Waals surface area contributed by atoms with Crippen molar-refractivity contribution in [3.63, 3.8) is 0 Å². The van der Waals surface area contributed by atoms with Crippen molar-refractivity contribution >= 4 is 0 Å². The fourth-order valence-corrected chi connectivity index (χ4v) is 2.08. The summed E-state index contributed by atoms with van der Waals surface area (Å²) in [6.07, 6.45) is 1.63. The molecule has 0 aliphatic rings. The molecule has 19 heavy (non-hydrogen) atoms. The Morgan fingerprint density at radius 1 is 1.00 bits per heavy atom. The molecule has 0 amide bonds. The number of aromatic hydroxyl groups is 1. The highest BCUT2D eigenvalue weighted by Crippen LogP contribution is 2.28. The lowest BCUT2D eigenvalue weighted by molar-refractivity contribution is 0.477. The maximum Gasteiger partial charge on any atom is 0.162 e. The Bertz CT molecular complexity index is 702. The number of hydrogen-bond acceptors (Lipinski definition) is 2. The van der Waals surface area contributed by atoms with E-state index in [2.05, 4.69) is 5.10 Å². The first-order chi connectivity index (χ1) is 9.24. The molecule has 0 spiro atoms. The topological polar surface area (TPSA) is 38.0 Å². The van der Waals surface area contributed by atoms with Crippen LogP contribution < -0.4 is 0 Å². The Morgan fingerprint density at radius 3 is 2.53 bits per heavy atom. The van der Waals surface area contributed by atoms with Gasteiger partial charge in [0.1, 0.15) is 5.69 Å². The van der Waals surface area contributed by atoms with E-state index in [1.165, 1.54) is 0 Å². The normalized spacial score (nSPS) is 10.6. The van der Waals surface area contributed by atoms with Gasteiger partial charge in [-0.05, 0) is 25.1 Å². The first kappa shape index (κ1) is 11.5. The van der Waals surface area contributed by atoms with Crippen LogP contribution in [0.5, 0.6) is 5.75 Å². The second kappa shape index (κ2) is 4.61. The van der Waals surface area contributed by atoms with E-state index in [0.717, 1.165) is 16.8 Å². The number of aryl methyl sites for hydroxylation is 1. The first-order valence-electron chi connectivity index (χ1n) is 6.15. The van der Waals surface area contributed by atoms with Crippen LogP contribution in [-0.4, -0.2) is 14.9 Å². The summed E-state index contributed by atoms with van der Waals surface area (Å²) in [7, 11) is 0. The molecule has 0 aliphatic carbocycles. The maximum absolute atomic E-state index is 10.1. The summed E-state index contributed by atoms with van der Waals surface area (Å²) in [5.74, 6) is 0.189. The van der Waals surface area contributed by atoms with Crippen LogP contribution >= 0.6 is 0 Å². The number of nitrogens with zero attached hydrogens (tertiary/aromatic N) is 2. The standard InChI is InChI=1S/C16H14N2O/c1-12-6-5-7-13(10-12)16-15(19)11-18(17-16)14-8-3-2-4-9-14/h2-11,19H,1H3. The van der Waals surface area contributed by atoms with Crippen LogP contribution in [0.15, 0.2) is 60.8 Å². The summed E-state index contributed by atoms with van der Waals surface area (Å²) in [5, 5.41) is 14.5. The number of benzene rings is 2. The van der Waals surface area contributed by atoms with Gasteiger partial charge in [-0.15, -0.1) is 0 Å². The molecule has 1 heterocycles. The molecule has 3 heteroatoms. The SMILES string of the molecule is Cc1cccc(-c2nn(-c3ccccc3)cc2O)c1. The molecule has 0 fully saturated rings. The Morgan fingerprint density at radius 2 is 1.79 bits per heavy atom. The van der Waals surface area contributed by atoms with Crippen molar-refractivity contribution in [1.82, 2.24) is 9.78 Å². The van der Waals surface area contributed by atoms with Gasteiger partial charge in [0.05, 0.1) is 11.9 Å². The van der Waals surface area contributed by atoms with Gasteiger partial charge in [-0.25, -0.2) is 4.68 Å². The minimum atomic E-state index is 0.189. The average molecular weight is 250 g/mol. The van der Waals surface area contributed by atoms with Crippen LogP contribution in [0.4, 0.5) is 0 Å². The fraction of sp³-hybridized carbons (Fsp3) is 0.0625. The van der Waals surface area contributed by atoms with Gasteiger partial charge >= 0.3 is 0 Å². The molecule has 94 valence electrons. The molecule has 0 atom stereocenters. The van der Waals surface area contributed by atoms with E-state index in [-0.39, 0.29) is 5.75 Å². The molecule has 1 aromatic heterocycles. The molecule has 0 unspecified atom stereocenters. The summed E-state index contributed by atoms with van der Waals surface area (Å²) < 4.78 is 1.69. The van der Waals surface area contributed by atoms with Crippen LogP contribution in [-0.2, 0) is 0 Å². The van der Waals surface area contributed by atoms with Crippen molar-refractivity contribution in [1.29, 1.82) is 0 Å². The zero-order valence-electron chi connectivity index (χ0n) is 10.6. The number of rotatable bonds is 2. The van der Waals surface area contributed by atoms with Gasteiger partial charge in [0.15, 0.2) is 5.75 Å². The molecular formula is C16H14N2O. The van der Waals surface area contributed by atoms with Crippen molar-refractivity contribution < 1.29 is 5.11 Å². The van der Waals surface area contributed by atoms with E-state index in [9.17, 15) is 5.11 Å². The maximum atomic E-state index is 10.1. The van der Waals surface area contributed by atoms with E-state index in [0.29, 0.717) is 5.69 Å². The molecule has 1 N–H and O–H groups in total. The van der Waals surface area contributed by atoms with Gasteiger partial charge in [-0.2, -0.15) is 5.10 Å². The monoisotopic (exact) mass is 250 g/mol. The molecule has 0 saturated heterocycles. The smallest absolute Gasteiger partial charge is 0.162 e. The molecule has 2 aromatic carbocycles. The number of aromatic nitrogens is 2. The fourth-order valence-electron chi connectivity index (χ4n) is 2.08. The van der Waals surface area contributed by atoms with Gasteiger partial charge in [-0.3, -0.25) is 0 Å². The number of para-hydroxylation sites is 1. The van der Waals surface area contributed by atoms with E-state index >= 15 is 0 Å². The summed E-state index contributed by atoms with van der Waals surface area (Å²) >= 11 is 0. The highest BCUT2D eigenvalue weighted by molar-refractivity contribution is 5.66. The largest absolute Gasteiger partial charge is 0.504 e. The van der Waals surface area contributed by atoms with Gasteiger partial charge in [0, 0.05) is 5.56 Å². The van der Waals surface area contributed by atoms with Gasteiger partial charge in [0.2, 0.25) is 0 Å². The van der Waals surface area contributed by atoms with Crippen LogP contribution in [0.25, 0.3) is 16.9 Å². The Labute approximate surface area is 111 Å². The van der Waals surface area contributed by atoms with E-state index in [1.54, 1.807) is 10.9 Å². The second-order valence-corrected chi connectivity index (χ2v) is 4.51. The predicted molar refractivity (Wildman–Crippen MR) is 75.4 cm³/mol. The minimum Gasteiger partial charge on any atom is -0.504 e. The highest BCUT2D eigenvalue weighted by Gasteiger charge is 2.11. The van der Waals surface area contributed by atoms with Crippen LogP contribution in [0.1, 0.15) is 5.56 Å². The number of hydrogen-bond donors (Lipinski definition) is 1. The zero-order valence-corrected chi connectivity index (χ0v) is 10.6. The minimum absolute atomic E-state index is 0.189. The molecule has 3 nitrogen and oxygen atoms in total. The van der Waals surface area contributed by atoms with Crippen molar-refractivity contribution in [3.05, 3.63) is 66.4 Å². The van der Waals surface area contributed by atoms with E-state index < -0.39 is 0 Å². The molecule has 3 aromatic rings. The third-order valence-corrected chi connectivity index (χ3v) is 3.01. The van der Waals surface area contributed by atoms with Crippen LogP contribution in [0, 0.1) is 6.92 Å². The third-order valence-electron chi connectivity index (χ3n) is 3.01. The van der Waals surface area contributed by atoms with Gasteiger partial charge < -0.3 is 5.11 Å². The second-order valence-electron chi connectivity index (χ2n) is 4.51. The highest BCUT2D eigenvalue weighted by atomic mass is 16.3. The summed E-state index contributed by atoms with van der Waals surface area (Å²) in [5.41, 5.74) is 3.60. The van der Waals surface area contributed by atoms with E-state index in [4.69, 9.17) is 0 Å². The summed E-state index contributed by atoms with van der Waals surface area (Å²) in [6.45, 7) is 2.02. The molecule has 3 rings (SSSR count). The van der Waals surface area contributed by atoms with E-state index in [1.807, 2.05) is 61.5 Å². The van der Waals surface area contributed by atoms with Gasteiger partial charge in [0.25, 0.3) is 0 Å². The Kier molecular flexibility index (Phi) is 2.80. The van der Waals surface area contributed by atoms with Crippen molar-refractivity contribution in [2.45, 2.75) is 6.92 Å². The van der Waals surface area contributed by atoms with Crippen LogP contribution in [0.2, 0.25) is 0 Å². The lowest BCUT2D eigenvalue weighted by Gasteiger charge is -2.00.